The molecule has 1 saturated heterocycles. The van der Waals surface area contributed by atoms with Crippen LogP contribution in [0.2, 0.25) is 0 Å². The van der Waals surface area contributed by atoms with Crippen molar-refractivity contribution in [3.05, 3.63) is 0 Å². The molecule has 0 aliphatic carbocycles. The molecule has 0 unspecified atom stereocenters. The van der Waals surface area contributed by atoms with Gasteiger partial charge in [0.25, 0.3) is 0 Å². The molecule has 1 rings (SSSR count). The van der Waals surface area contributed by atoms with Gasteiger partial charge in [0.15, 0.2) is 0 Å². The Morgan fingerprint density at radius 2 is 2.10 bits per heavy atom. The molecule has 5 N–H and O–H groups in total. The Labute approximate surface area is 129 Å². The zero-order valence-electron chi connectivity index (χ0n) is 12.6. The van der Waals surface area contributed by atoms with E-state index in [0.29, 0.717) is 25.8 Å². The summed E-state index contributed by atoms with van der Waals surface area (Å²) in [7, 11) is 0. The van der Waals surface area contributed by atoms with Gasteiger partial charge in [-0.25, -0.2) is 0 Å². The monoisotopic (exact) mass is 319 g/mol. The van der Waals surface area contributed by atoms with E-state index in [9.17, 15) is 14.4 Å². The fourth-order valence-corrected chi connectivity index (χ4v) is 2.43. The summed E-state index contributed by atoms with van der Waals surface area (Å²) >= 11 is 1.60. The van der Waals surface area contributed by atoms with E-state index in [2.05, 4.69) is 0 Å². The van der Waals surface area contributed by atoms with Gasteiger partial charge in [-0.3, -0.25) is 14.4 Å². The number of primary amides is 1. The maximum atomic E-state index is 11.2. The Morgan fingerprint density at radius 1 is 1.48 bits per heavy atom. The zero-order chi connectivity index (χ0) is 16.4. The van der Waals surface area contributed by atoms with Crippen LogP contribution in [0.1, 0.15) is 32.6 Å². The maximum absolute atomic E-state index is 11.2. The van der Waals surface area contributed by atoms with Gasteiger partial charge in [-0.2, -0.15) is 11.8 Å². The van der Waals surface area contributed by atoms with Crippen molar-refractivity contribution >= 4 is 29.5 Å². The Morgan fingerprint density at radius 3 is 2.43 bits per heavy atom. The van der Waals surface area contributed by atoms with Crippen molar-refractivity contribution in [2.45, 2.75) is 44.7 Å². The van der Waals surface area contributed by atoms with Gasteiger partial charge >= 0.3 is 5.97 Å². The molecular formula is C13H25N3O4S. The lowest BCUT2D eigenvalue weighted by molar-refractivity contribution is -0.138. The average Bonchev–Trinajstić information content (AvgIpc) is 2.83. The molecule has 0 bridgehead atoms. The number of carbonyl (C=O) groups is 3. The van der Waals surface area contributed by atoms with E-state index in [1.807, 2.05) is 13.2 Å². The largest absolute Gasteiger partial charge is 0.480 e. The van der Waals surface area contributed by atoms with Gasteiger partial charge in [-0.05, 0) is 31.3 Å². The predicted molar refractivity (Wildman–Crippen MR) is 82.8 cm³/mol. The second kappa shape index (κ2) is 10.4. The molecule has 2 atom stereocenters. The highest BCUT2D eigenvalue weighted by Crippen LogP contribution is 2.15. The van der Waals surface area contributed by atoms with Crippen LogP contribution in [0.15, 0.2) is 0 Å². The number of amides is 2. The normalized spacial score (nSPS) is 16.9. The van der Waals surface area contributed by atoms with Gasteiger partial charge in [-0.1, -0.05) is 6.92 Å². The van der Waals surface area contributed by atoms with Crippen LogP contribution < -0.4 is 11.5 Å². The number of thioether (sulfide) groups is 1. The number of hydrogen-bond donors (Lipinski definition) is 3. The van der Waals surface area contributed by atoms with Crippen LogP contribution in [0.25, 0.3) is 0 Å². The van der Waals surface area contributed by atoms with Crippen molar-refractivity contribution < 1.29 is 19.5 Å². The lowest BCUT2D eigenvalue weighted by Gasteiger charge is -2.23. The molecule has 1 heterocycles. The van der Waals surface area contributed by atoms with Crippen molar-refractivity contribution in [3.63, 3.8) is 0 Å². The lowest BCUT2D eigenvalue weighted by Crippen LogP contribution is -2.44. The number of carboxylic acids is 1. The highest BCUT2D eigenvalue weighted by atomic mass is 32.2. The van der Waals surface area contributed by atoms with E-state index < -0.39 is 17.9 Å². The Bertz CT molecular complexity index is 365. The summed E-state index contributed by atoms with van der Waals surface area (Å²) in [6, 6.07) is -1.07. The molecule has 0 aromatic rings. The second-order valence-corrected chi connectivity index (χ2v) is 5.73. The number of carboxylic acid groups (broad SMARTS) is 1. The summed E-state index contributed by atoms with van der Waals surface area (Å²) in [6.45, 7) is 2.54. The number of nitrogens with zero attached hydrogens (tertiary/aromatic N) is 1. The van der Waals surface area contributed by atoms with Crippen molar-refractivity contribution in [3.8, 4) is 0 Å². The zero-order valence-corrected chi connectivity index (χ0v) is 13.4. The second-order valence-electron chi connectivity index (χ2n) is 4.74. The topological polar surface area (TPSA) is 127 Å². The summed E-state index contributed by atoms with van der Waals surface area (Å²) < 4.78 is 0. The fourth-order valence-electron chi connectivity index (χ4n) is 1.94. The number of likely N-dealkylation sites (tertiary alicyclic amines) is 1. The maximum Gasteiger partial charge on any atom is 0.320 e. The van der Waals surface area contributed by atoms with Crippen LogP contribution >= 0.6 is 11.8 Å². The third-order valence-electron chi connectivity index (χ3n) is 3.15. The molecule has 7 nitrogen and oxygen atoms in total. The highest BCUT2D eigenvalue weighted by molar-refractivity contribution is 7.98. The highest BCUT2D eigenvalue weighted by Gasteiger charge is 2.29. The van der Waals surface area contributed by atoms with E-state index >= 15 is 0 Å². The Kier molecular flexibility index (Phi) is 9.81. The number of aliphatic carboxylic acids is 1. The standard InChI is InChI=1S/C8H14N2O2.C5H11NO2S/c1-2-6(8(9)12)10-5-3-4-7(10)11;1-9-3-2-4(6)5(7)8/h6H,2-5H2,1H3,(H2,9,12);4H,2-3,6H2,1H3,(H,7,8)/t6-;4-/m00/s1. The first-order valence-electron chi connectivity index (χ1n) is 6.91. The third kappa shape index (κ3) is 7.33. The van der Waals surface area contributed by atoms with Crippen LogP contribution in [0.4, 0.5) is 0 Å². The molecule has 0 radical (unpaired) electrons. The number of hydrogen-bond acceptors (Lipinski definition) is 5. The molecule has 21 heavy (non-hydrogen) atoms. The van der Waals surface area contributed by atoms with Gasteiger partial charge < -0.3 is 21.5 Å². The quantitative estimate of drug-likeness (QED) is 0.607. The first-order chi connectivity index (χ1) is 9.84. The SMILES string of the molecule is CC[C@@H](C(N)=O)N1CCCC1=O.CSCC[C@H](N)C(=O)O. The van der Waals surface area contributed by atoms with Gasteiger partial charge in [0, 0.05) is 13.0 Å². The molecule has 1 fully saturated rings. The van der Waals surface area contributed by atoms with E-state index in [4.69, 9.17) is 16.6 Å². The van der Waals surface area contributed by atoms with E-state index in [1.54, 1.807) is 16.7 Å². The summed E-state index contributed by atoms with van der Waals surface area (Å²) in [6.07, 6.45) is 4.50. The van der Waals surface area contributed by atoms with Gasteiger partial charge in [0.1, 0.15) is 12.1 Å². The third-order valence-corrected chi connectivity index (χ3v) is 3.80. The van der Waals surface area contributed by atoms with Crippen LogP contribution in [0, 0.1) is 0 Å². The van der Waals surface area contributed by atoms with Crippen LogP contribution in [0.3, 0.4) is 0 Å². The number of carbonyl (C=O) groups excluding carboxylic acids is 2. The summed E-state index contributed by atoms with van der Waals surface area (Å²) in [5.41, 5.74) is 10.3. The van der Waals surface area contributed by atoms with Crippen molar-refractivity contribution in [2.75, 3.05) is 18.6 Å². The minimum absolute atomic E-state index is 0.0562. The molecule has 0 aromatic heterocycles. The molecule has 8 heteroatoms. The molecular weight excluding hydrogens is 294 g/mol. The van der Waals surface area contributed by atoms with E-state index in [0.717, 1.165) is 12.2 Å². The summed E-state index contributed by atoms with van der Waals surface area (Å²) in [4.78, 5) is 33.7. The smallest absolute Gasteiger partial charge is 0.320 e. The van der Waals surface area contributed by atoms with Crippen molar-refractivity contribution in [1.29, 1.82) is 0 Å². The molecule has 2 amide bonds. The summed E-state index contributed by atoms with van der Waals surface area (Å²) in [5.74, 6) is -0.439. The minimum Gasteiger partial charge on any atom is -0.480 e. The van der Waals surface area contributed by atoms with E-state index in [1.165, 1.54) is 0 Å². The Hall–Kier alpha value is -1.28. The van der Waals surface area contributed by atoms with Crippen molar-refractivity contribution in [2.24, 2.45) is 11.5 Å². The molecule has 0 aromatic carbocycles. The molecule has 1 aliphatic heterocycles. The van der Waals surface area contributed by atoms with Crippen LogP contribution in [-0.4, -0.2) is 58.4 Å². The van der Waals surface area contributed by atoms with Crippen molar-refractivity contribution in [1.82, 2.24) is 4.90 Å². The fraction of sp³-hybridized carbons (Fsp3) is 0.769. The molecule has 0 saturated carbocycles. The van der Waals surface area contributed by atoms with E-state index in [-0.39, 0.29) is 11.9 Å². The van der Waals surface area contributed by atoms with Gasteiger partial charge in [0.2, 0.25) is 11.8 Å². The Balaban J connectivity index is 0.000000400. The summed E-state index contributed by atoms with van der Waals surface area (Å²) in [5, 5.41) is 8.27. The molecule has 122 valence electrons. The number of nitrogens with two attached hydrogens (primary N) is 2. The lowest BCUT2D eigenvalue weighted by atomic mass is 10.2. The number of rotatable bonds is 7. The first-order valence-corrected chi connectivity index (χ1v) is 8.30. The van der Waals surface area contributed by atoms with Gasteiger partial charge in [0.05, 0.1) is 0 Å². The molecule has 1 aliphatic rings. The van der Waals surface area contributed by atoms with Crippen LogP contribution in [0.5, 0.6) is 0 Å². The molecule has 0 spiro atoms. The van der Waals surface area contributed by atoms with Gasteiger partial charge in [-0.15, -0.1) is 0 Å². The minimum atomic E-state index is -0.913. The first kappa shape index (κ1) is 19.7. The average molecular weight is 319 g/mol. The van der Waals surface area contributed by atoms with Crippen LogP contribution in [-0.2, 0) is 14.4 Å². The predicted octanol–water partition coefficient (Wildman–Crippen LogP) is 0.0241.